The topological polar surface area (TPSA) is 89.5 Å². The molecular weight excluding hydrogens is 660 g/mol. The lowest BCUT2D eigenvalue weighted by Crippen LogP contribution is -2.48. The molecular formula is C29H30BrF6N5O3. The van der Waals surface area contributed by atoms with Crippen LogP contribution < -0.4 is 15.0 Å². The maximum absolute atomic E-state index is 13.4. The first-order valence-corrected chi connectivity index (χ1v) is 14.3. The van der Waals surface area contributed by atoms with Crippen molar-refractivity contribution in [3.63, 3.8) is 0 Å². The fourth-order valence-corrected chi connectivity index (χ4v) is 5.14. The van der Waals surface area contributed by atoms with Crippen molar-refractivity contribution in [3.05, 3.63) is 69.1 Å². The van der Waals surface area contributed by atoms with Gasteiger partial charge in [0.05, 0.1) is 45.8 Å². The number of methoxy groups -OCH3 is 1. The summed E-state index contributed by atoms with van der Waals surface area (Å²) >= 11 is 3.26. The highest BCUT2D eigenvalue weighted by atomic mass is 79.9. The standard InChI is InChI=1S/C29H30BrF6N5O3/c1-6-18-13-21(24-22(7-8-23(40-24)43-5)41(18)26(42)44-27(2,3)4)39-25-37-14-19(30)20(38-25)11-15-9-16(28(31,32)33)12-17(10-15)29(34,35)36/h7-10,12,14,18,21H,6,11,13H2,1-5H3,(H,37,38,39)/t18-,21+/m1/s1. The van der Waals surface area contributed by atoms with E-state index in [4.69, 9.17) is 9.47 Å². The number of benzene rings is 1. The molecule has 1 aromatic carbocycles. The molecule has 2 atom stereocenters. The molecule has 0 spiro atoms. The fourth-order valence-electron chi connectivity index (χ4n) is 4.81. The second-order valence-corrected chi connectivity index (χ2v) is 12.0. The highest BCUT2D eigenvalue weighted by Gasteiger charge is 2.40. The Kier molecular flexibility index (Phi) is 9.38. The van der Waals surface area contributed by atoms with Gasteiger partial charge in [-0.2, -0.15) is 26.3 Å². The van der Waals surface area contributed by atoms with E-state index in [1.807, 2.05) is 6.92 Å². The summed E-state index contributed by atoms with van der Waals surface area (Å²) in [7, 11) is 1.45. The predicted octanol–water partition coefficient (Wildman–Crippen LogP) is 8.35. The third-order valence-electron chi connectivity index (χ3n) is 6.75. The normalized spacial score (nSPS) is 17.2. The van der Waals surface area contributed by atoms with E-state index in [0.717, 1.165) is 0 Å². The summed E-state index contributed by atoms with van der Waals surface area (Å²) in [5.74, 6) is 0.351. The first-order valence-electron chi connectivity index (χ1n) is 13.5. The molecule has 44 heavy (non-hydrogen) atoms. The molecule has 3 heterocycles. The molecule has 0 bridgehead atoms. The highest BCUT2D eigenvalue weighted by molar-refractivity contribution is 9.10. The molecule has 3 aromatic rings. The third-order valence-corrected chi connectivity index (χ3v) is 7.41. The molecule has 1 N–H and O–H groups in total. The van der Waals surface area contributed by atoms with Gasteiger partial charge in [0.15, 0.2) is 0 Å². The molecule has 8 nitrogen and oxygen atoms in total. The molecule has 0 aliphatic carbocycles. The monoisotopic (exact) mass is 689 g/mol. The quantitative estimate of drug-likeness (QED) is 0.260. The van der Waals surface area contributed by atoms with E-state index < -0.39 is 41.2 Å². The van der Waals surface area contributed by atoms with E-state index in [1.165, 1.54) is 13.3 Å². The van der Waals surface area contributed by atoms with Crippen LogP contribution in [0.1, 0.15) is 74.7 Å². The van der Waals surface area contributed by atoms with Crippen LogP contribution in [0.2, 0.25) is 0 Å². The van der Waals surface area contributed by atoms with Gasteiger partial charge >= 0.3 is 18.4 Å². The highest BCUT2D eigenvalue weighted by Crippen LogP contribution is 2.41. The predicted molar refractivity (Wildman–Crippen MR) is 154 cm³/mol. The Labute approximate surface area is 258 Å². The second-order valence-electron chi connectivity index (χ2n) is 11.2. The minimum absolute atomic E-state index is 0.0624. The van der Waals surface area contributed by atoms with Crippen molar-refractivity contribution in [1.29, 1.82) is 0 Å². The van der Waals surface area contributed by atoms with Gasteiger partial charge in [-0.25, -0.2) is 19.7 Å². The summed E-state index contributed by atoms with van der Waals surface area (Å²) in [6, 6.07) is 3.88. The molecule has 1 amide bonds. The Bertz CT molecular complexity index is 1490. The van der Waals surface area contributed by atoms with Crippen LogP contribution in [-0.2, 0) is 23.5 Å². The number of amides is 1. The number of hydrogen-bond acceptors (Lipinski definition) is 7. The minimum atomic E-state index is -4.98. The van der Waals surface area contributed by atoms with Crippen LogP contribution in [0.15, 0.2) is 41.0 Å². The number of hydrogen-bond donors (Lipinski definition) is 1. The average molecular weight is 690 g/mol. The number of fused-ring (bicyclic) bond motifs is 1. The maximum Gasteiger partial charge on any atom is 0.416 e. The number of ether oxygens (including phenoxy) is 2. The number of carbonyl (C=O) groups excluding carboxylic acids is 1. The molecule has 1 aliphatic heterocycles. The molecule has 0 radical (unpaired) electrons. The number of nitrogens with one attached hydrogen (secondary N) is 1. The summed E-state index contributed by atoms with van der Waals surface area (Å²) in [5, 5.41) is 3.19. The molecule has 4 rings (SSSR count). The molecule has 0 saturated carbocycles. The first kappa shape index (κ1) is 33.3. The van der Waals surface area contributed by atoms with E-state index in [1.54, 1.807) is 37.8 Å². The Balaban J connectivity index is 1.70. The number of carbonyl (C=O) groups is 1. The van der Waals surface area contributed by atoms with E-state index in [2.05, 4.69) is 36.2 Å². The Hall–Kier alpha value is -3.62. The Morgan fingerprint density at radius 1 is 1.05 bits per heavy atom. The SMILES string of the molecule is CC[C@@H]1C[C@H](Nc2ncc(Br)c(Cc3cc(C(F)(F)F)cc(C(F)(F)F)c3)n2)c2nc(OC)ccc2N1C(=O)OC(C)(C)C. The molecule has 0 unspecified atom stereocenters. The molecule has 0 fully saturated rings. The van der Waals surface area contributed by atoms with Crippen molar-refractivity contribution >= 4 is 33.7 Å². The lowest BCUT2D eigenvalue weighted by molar-refractivity contribution is -0.143. The van der Waals surface area contributed by atoms with Crippen LogP contribution in [0, 0.1) is 0 Å². The Morgan fingerprint density at radius 2 is 1.68 bits per heavy atom. The summed E-state index contributed by atoms with van der Waals surface area (Å²) in [5.41, 5.74) is -2.71. The smallest absolute Gasteiger partial charge is 0.416 e. The third kappa shape index (κ3) is 7.71. The lowest BCUT2D eigenvalue weighted by atomic mass is 9.93. The molecule has 1 aliphatic rings. The average Bonchev–Trinajstić information content (AvgIpc) is 2.92. The molecule has 0 saturated heterocycles. The van der Waals surface area contributed by atoms with Crippen molar-refractivity contribution < 1.29 is 40.6 Å². The lowest BCUT2D eigenvalue weighted by Gasteiger charge is -2.40. The molecule has 238 valence electrons. The van der Waals surface area contributed by atoms with Gasteiger partial charge in [-0.05, 0) is 79.4 Å². The van der Waals surface area contributed by atoms with Gasteiger partial charge in [-0.15, -0.1) is 0 Å². The summed E-state index contributed by atoms with van der Waals surface area (Å²) in [6.07, 6.45) is -8.56. The van der Waals surface area contributed by atoms with Crippen molar-refractivity contribution in [2.75, 3.05) is 17.3 Å². The van der Waals surface area contributed by atoms with Crippen LogP contribution in [-0.4, -0.2) is 39.8 Å². The number of nitrogens with zero attached hydrogens (tertiary/aromatic N) is 4. The zero-order chi connectivity index (χ0) is 32.6. The number of halogens is 7. The van der Waals surface area contributed by atoms with Gasteiger partial charge in [0, 0.05) is 24.7 Å². The molecule has 15 heteroatoms. The number of aromatic nitrogens is 3. The first-order chi connectivity index (χ1) is 20.4. The van der Waals surface area contributed by atoms with E-state index in [-0.39, 0.29) is 41.6 Å². The second kappa shape index (κ2) is 12.4. The van der Waals surface area contributed by atoms with Gasteiger partial charge in [0.1, 0.15) is 5.60 Å². The molecule has 2 aromatic heterocycles. The van der Waals surface area contributed by atoms with Crippen LogP contribution in [0.5, 0.6) is 5.88 Å². The van der Waals surface area contributed by atoms with Crippen molar-refractivity contribution in [1.82, 2.24) is 15.0 Å². The summed E-state index contributed by atoms with van der Waals surface area (Å²) in [4.78, 5) is 28.0. The van der Waals surface area contributed by atoms with E-state index >= 15 is 0 Å². The largest absolute Gasteiger partial charge is 0.481 e. The van der Waals surface area contributed by atoms with Gasteiger partial charge in [-0.3, -0.25) is 4.90 Å². The van der Waals surface area contributed by atoms with Crippen molar-refractivity contribution in [3.8, 4) is 5.88 Å². The summed E-state index contributed by atoms with van der Waals surface area (Å²) in [6.45, 7) is 7.21. The van der Waals surface area contributed by atoms with E-state index in [9.17, 15) is 31.1 Å². The minimum Gasteiger partial charge on any atom is -0.481 e. The zero-order valence-electron chi connectivity index (χ0n) is 24.4. The van der Waals surface area contributed by atoms with Crippen molar-refractivity contribution in [2.24, 2.45) is 0 Å². The van der Waals surface area contributed by atoms with E-state index in [0.29, 0.717) is 40.8 Å². The van der Waals surface area contributed by atoms with Gasteiger partial charge in [0.2, 0.25) is 11.8 Å². The van der Waals surface area contributed by atoms with Gasteiger partial charge in [0.25, 0.3) is 0 Å². The number of alkyl halides is 6. The van der Waals surface area contributed by atoms with Gasteiger partial charge in [-0.1, -0.05) is 6.92 Å². The fraction of sp³-hybridized carbons (Fsp3) is 0.448. The van der Waals surface area contributed by atoms with Crippen LogP contribution in [0.4, 0.5) is 42.8 Å². The van der Waals surface area contributed by atoms with Crippen LogP contribution in [0.25, 0.3) is 0 Å². The number of rotatable bonds is 6. The van der Waals surface area contributed by atoms with Gasteiger partial charge < -0.3 is 14.8 Å². The van der Waals surface area contributed by atoms with Crippen LogP contribution in [0.3, 0.4) is 0 Å². The number of pyridine rings is 1. The zero-order valence-corrected chi connectivity index (χ0v) is 26.0. The maximum atomic E-state index is 13.4. The summed E-state index contributed by atoms with van der Waals surface area (Å²) < 4.78 is 91.7. The Morgan fingerprint density at radius 3 is 2.23 bits per heavy atom. The van der Waals surface area contributed by atoms with Crippen LogP contribution >= 0.6 is 15.9 Å². The van der Waals surface area contributed by atoms with Crippen molar-refractivity contribution in [2.45, 2.75) is 77.0 Å². The number of anilines is 2.